The molecule has 0 saturated heterocycles. The van der Waals surface area contributed by atoms with Crippen LogP contribution >= 0.6 is 0 Å². The van der Waals surface area contributed by atoms with Gasteiger partial charge in [-0.1, -0.05) is 39.0 Å². The summed E-state index contributed by atoms with van der Waals surface area (Å²) in [5, 5.41) is 0. The normalized spacial score (nSPS) is 13.9. The van der Waals surface area contributed by atoms with Gasteiger partial charge in [0.2, 0.25) is 5.69 Å². The predicted octanol–water partition coefficient (Wildman–Crippen LogP) is 4.38. The Hall–Kier alpha value is -1.63. The molecule has 0 aliphatic rings. The second-order valence-electron chi connectivity index (χ2n) is 6.47. The number of pyridine rings is 1. The summed E-state index contributed by atoms with van der Waals surface area (Å²) < 4.78 is 19.2. The lowest BCUT2D eigenvalue weighted by Gasteiger charge is -2.19. The van der Waals surface area contributed by atoms with E-state index >= 15 is 0 Å². The third-order valence-electron chi connectivity index (χ3n) is 3.59. The molecule has 0 radical (unpaired) electrons. The smallest absolute Gasteiger partial charge is 0.198 e. The molecule has 1 heteroatoms. The molecule has 1 nitrogen and oxygen atoms in total. The number of hydrogen-bond acceptors (Lipinski definition) is 0. The first-order chi connectivity index (χ1) is 10.1. The fraction of sp³-hybridized carbons (Fsp3) is 0.421. The van der Waals surface area contributed by atoms with Gasteiger partial charge >= 0.3 is 0 Å². The molecule has 2 rings (SSSR count). The van der Waals surface area contributed by atoms with Crippen molar-refractivity contribution in [2.75, 3.05) is 0 Å². The molecule has 0 aliphatic heterocycles. The summed E-state index contributed by atoms with van der Waals surface area (Å²) in [5.74, 6) is 0. The van der Waals surface area contributed by atoms with Gasteiger partial charge in [0.15, 0.2) is 5.69 Å². The second-order valence-corrected chi connectivity index (χ2v) is 6.47. The van der Waals surface area contributed by atoms with Crippen LogP contribution in [-0.2, 0) is 13.4 Å². The molecule has 1 aromatic heterocycles. The van der Waals surface area contributed by atoms with Crippen LogP contribution in [0.5, 0.6) is 0 Å². The molecule has 0 atom stereocenters. The summed E-state index contributed by atoms with van der Waals surface area (Å²) in [6, 6.07) is 12.3. The van der Waals surface area contributed by atoms with Crippen molar-refractivity contribution in [3.05, 3.63) is 53.2 Å². The number of nitrogens with zero attached hydrogens (tertiary/aromatic N) is 1. The minimum atomic E-state index is -1.38. The van der Waals surface area contributed by atoms with E-state index in [2.05, 4.69) is 23.6 Å². The number of aryl methyl sites for hydroxylation is 1. The zero-order valence-corrected chi connectivity index (χ0v) is 13.4. The molecule has 0 saturated carbocycles. The Balaban J connectivity index is 2.63. The molecule has 0 amide bonds. The van der Waals surface area contributed by atoms with Crippen molar-refractivity contribution in [3.8, 4) is 11.3 Å². The van der Waals surface area contributed by atoms with Crippen molar-refractivity contribution in [2.24, 2.45) is 12.5 Å². The third-order valence-corrected chi connectivity index (χ3v) is 3.59. The highest BCUT2D eigenvalue weighted by atomic mass is 14.9. The molecule has 0 aliphatic carbocycles. The van der Waals surface area contributed by atoms with Crippen LogP contribution in [0.2, 0.25) is 0 Å². The van der Waals surface area contributed by atoms with Gasteiger partial charge in [0.1, 0.15) is 7.05 Å². The highest BCUT2D eigenvalue weighted by Crippen LogP contribution is 2.25. The predicted molar refractivity (Wildman–Crippen MR) is 85.7 cm³/mol. The Bertz CT molecular complexity index is 697. The molecule has 1 aromatic carbocycles. The van der Waals surface area contributed by atoms with Crippen LogP contribution in [0, 0.1) is 19.3 Å². The van der Waals surface area contributed by atoms with Gasteiger partial charge in [-0.05, 0) is 36.4 Å². The van der Waals surface area contributed by atoms with Crippen LogP contribution in [0.4, 0.5) is 0 Å². The second kappa shape index (κ2) is 5.40. The molecular formula is C19H26N+. The lowest BCUT2D eigenvalue weighted by molar-refractivity contribution is -0.667. The molecule has 0 unspecified atom stereocenters. The first kappa shape index (κ1) is 12.1. The first-order valence-electron chi connectivity index (χ1n) is 8.13. The van der Waals surface area contributed by atoms with Crippen LogP contribution in [-0.4, -0.2) is 0 Å². The average Bonchev–Trinajstić information content (AvgIpc) is 2.41. The molecule has 2 aromatic rings. The lowest BCUT2D eigenvalue weighted by atomic mass is 9.87. The third kappa shape index (κ3) is 3.09. The zero-order chi connectivity index (χ0) is 16.7. The molecule has 0 N–H and O–H groups in total. The van der Waals surface area contributed by atoms with E-state index in [1.54, 1.807) is 0 Å². The van der Waals surface area contributed by atoms with Gasteiger partial charge in [-0.2, -0.15) is 4.57 Å². The van der Waals surface area contributed by atoms with E-state index in [4.69, 9.17) is 2.74 Å². The molecular weight excluding hydrogens is 242 g/mol. The number of hydrogen-bond donors (Lipinski definition) is 0. The van der Waals surface area contributed by atoms with Crippen LogP contribution in [0.25, 0.3) is 11.3 Å². The number of benzene rings is 1. The molecule has 20 heavy (non-hydrogen) atoms. The average molecular weight is 270 g/mol. The Morgan fingerprint density at radius 3 is 2.30 bits per heavy atom. The summed E-state index contributed by atoms with van der Waals surface area (Å²) >= 11 is 0. The van der Waals surface area contributed by atoms with E-state index in [9.17, 15) is 0 Å². The van der Waals surface area contributed by atoms with E-state index in [0.29, 0.717) is 0 Å². The van der Waals surface area contributed by atoms with Crippen molar-refractivity contribution >= 4 is 0 Å². The molecule has 106 valence electrons. The molecule has 1 heterocycles. The van der Waals surface area contributed by atoms with E-state index in [-0.39, 0.29) is 0 Å². The standard InChI is InChI=1S/C19H26N/c1-14-9-7-8-10-17(14)18-12-11-16(13-19(3,4)5)15(2)20(18)6/h7-12H,13H2,1-6H3/q+1/i13D2. The van der Waals surface area contributed by atoms with Crippen molar-refractivity contribution < 1.29 is 7.31 Å². The first-order valence-corrected chi connectivity index (χ1v) is 7.13. The fourth-order valence-corrected chi connectivity index (χ4v) is 2.42. The molecule has 0 spiro atoms. The van der Waals surface area contributed by atoms with Crippen molar-refractivity contribution in [2.45, 2.75) is 41.0 Å². The van der Waals surface area contributed by atoms with Crippen molar-refractivity contribution in [3.63, 3.8) is 0 Å². The largest absolute Gasteiger partial charge is 0.212 e. The van der Waals surface area contributed by atoms with Gasteiger partial charge in [-0.15, -0.1) is 0 Å². The number of aromatic nitrogens is 1. The van der Waals surface area contributed by atoms with Crippen molar-refractivity contribution in [1.29, 1.82) is 0 Å². The van der Waals surface area contributed by atoms with Gasteiger partial charge < -0.3 is 0 Å². The Kier molecular flexibility index (Phi) is 3.27. The highest BCUT2D eigenvalue weighted by Gasteiger charge is 2.20. The van der Waals surface area contributed by atoms with E-state index in [1.807, 2.05) is 59.0 Å². The minimum Gasteiger partial charge on any atom is -0.198 e. The lowest BCUT2D eigenvalue weighted by Crippen LogP contribution is -2.36. The highest BCUT2D eigenvalue weighted by molar-refractivity contribution is 5.60. The maximum absolute atomic E-state index is 8.53. The minimum absolute atomic E-state index is 0.449. The molecule has 0 fully saturated rings. The monoisotopic (exact) mass is 270 g/mol. The van der Waals surface area contributed by atoms with Crippen LogP contribution in [0.15, 0.2) is 36.4 Å². The number of rotatable bonds is 2. The van der Waals surface area contributed by atoms with Gasteiger partial charge in [-0.25, -0.2) is 0 Å². The quantitative estimate of drug-likeness (QED) is 0.713. The Labute approximate surface area is 126 Å². The van der Waals surface area contributed by atoms with E-state index in [1.165, 1.54) is 11.1 Å². The topological polar surface area (TPSA) is 3.88 Å². The van der Waals surface area contributed by atoms with Crippen LogP contribution in [0.1, 0.15) is 40.3 Å². The summed E-state index contributed by atoms with van der Waals surface area (Å²) in [7, 11) is 2.01. The SMILES string of the molecule is [2H]C([2H])(c1ccc(-c2ccccc2C)[n+](C)c1C)C(C)(C)C. The fourth-order valence-electron chi connectivity index (χ4n) is 2.42. The summed E-state index contributed by atoms with van der Waals surface area (Å²) in [6.07, 6.45) is -1.38. The molecule has 0 bridgehead atoms. The Morgan fingerprint density at radius 2 is 1.70 bits per heavy atom. The van der Waals surface area contributed by atoms with E-state index < -0.39 is 11.8 Å². The van der Waals surface area contributed by atoms with Crippen LogP contribution < -0.4 is 4.57 Å². The summed E-state index contributed by atoms with van der Waals surface area (Å²) in [6.45, 7) is 9.94. The van der Waals surface area contributed by atoms with Gasteiger partial charge in [0.05, 0.1) is 0 Å². The Morgan fingerprint density at radius 1 is 1.05 bits per heavy atom. The van der Waals surface area contributed by atoms with Gasteiger partial charge in [0, 0.05) is 26.9 Å². The maximum Gasteiger partial charge on any atom is 0.212 e. The van der Waals surface area contributed by atoms with Gasteiger partial charge in [-0.3, -0.25) is 0 Å². The summed E-state index contributed by atoms with van der Waals surface area (Å²) in [4.78, 5) is 0. The van der Waals surface area contributed by atoms with Gasteiger partial charge in [0.25, 0.3) is 0 Å². The maximum atomic E-state index is 8.53. The van der Waals surface area contributed by atoms with Crippen LogP contribution in [0.3, 0.4) is 0 Å². The van der Waals surface area contributed by atoms with Crippen molar-refractivity contribution in [1.82, 2.24) is 0 Å². The summed E-state index contributed by atoms with van der Waals surface area (Å²) in [5.41, 5.74) is 4.82. The van der Waals surface area contributed by atoms with E-state index in [0.717, 1.165) is 17.0 Å². The zero-order valence-electron chi connectivity index (χ0n) is 15.4.